The molecule has 0 saturated heterocycles. The molecule has 1 saturated carbocycles. The second-order valence-electron chi connectivity index (χ2n) is 10.8. The van der Waals surface area contributed by atoms with Crippen LogP contribution in [0.5, 0.6) is 11.5 Å². The molecular weight excluding hydrogens is 520 g/mol. The summed E-state index contributed by atoms with van der Waals surface area (Å²) in [5, 5.41) is 27.7. The number of halogens is 1. The van der Waals surface area contributed by atoms with Crippen LogP contribution in [0.25, 0.3) is 0 Å². The number of hydrogen-bond acceptors (Lipinski definition) is 6. The largest absolute Gasteiger partial charge is 0.495 e. The van der Waals surface area contributed by atoms with Crippen molar-refractivity contribution in [2.75, 3.05) is 20.3 Å². The monoisotopic (exact) mass is 552 g/mol. The number of nitrogens with one attached hydrogen (secondary N) is 1. The Morgan fingerprint density at radius 1 is 1.08 bits per heavy atom. The Morgan fingerprint density at radius 2 is 1.78 bits per heavy atom. The summed E-state index contributed by atoms with van der Waals surface area (Å²) in [5.74, 6) is -0.0770. The van der Waals surface area contributed by atoms with Gasteiger partial charge in [0.05, 0.1) is 25.1 Å². The van der Waals surface area contributed by atoms with Crippen molar-refractivity contribution in [2.24, 2.45) is 11.8 Å². The average Bonchev–Trinajstić information content (AvgIpc) is 3.25. The minimum Gasteiger partial charge on any atom is -0.495 e. The number of fused-ring (bicyclic) bond motifs is 3. The molecule has 2 heterocycles. The lowest BCUT2D eigenvalue weighted by Gasteiger charge is -2.42. The lowest BCUT2D eigenvalue weighted by Crippen LogP contribution is -2.53. The summed E-state index contributed by atoms with van der Waals surface area (Å²) in [6.07, 6.45) is 3.27. The molecular formula is C29H33BrN2O4. The number of pyridine rings is 1. The molecule has 0 amide bonds. The second kappa shape index (κ2) is 9.14. The molecule has 2 aromatic carbocycles. The molecule has 3 aromatic rings. The Balaban J connectivity index is 1.84. The fourth-order valence-corrected chi connectivity index (χ4v) is 6.58. The summed E-state index contributed by atoms with van der Waals surface area (Å²) in [5.41, 5.74) is -0.512. The van der Waals surface area contributed by atoms with Gasteiger partial charge in [-0.25, -0.2) is 0 Å². The van der Waals surface area contributed by atoms with Gasteiger partial charge in [0.15, 0.2) is 5.60 Å². The third kappa shape index (κ3) is 3.67. The van der Waals surface area contributed by atoms with Gasteiger partial charge in [-0.15, -0.1) is 0 Å². The Labute approximate surface area is 220 Å². The van der Waals surface area contributed by atoms with Crippen LogP contribution in [0.15, 0.2) is 71.5 Å². The minimum absolute atomic E-state index is 0.108. The van der Waals surface area contributed by atoms with E-state index in [1.807, 2.05) is 42.5 Å². The van der Waals surface area contributed by atoms with Crippen LogP contribution in [-0.4, -0.2) is 41.0 Å². The number of rotatable bonds is 6. The predicted molar refractivity (Wildman–Crippen MR) is 142 cm³/mol. The van der Waals surface area contributed by atoms with Crippen molar-refractivity contribution in [3.05, 3.63) is 88.2 Å². The molecule has 1 aliphatic heterocycles. The number of hydrogen-bond donors (Lipinski definition) is 3. The first-order valence-electron chi connectivity index (χ1n) is 12.3. The number of nitrogens with zero attached hydrogens (tertiary/aromatic N) is 1. The van der Waals surface area contributed by atoms with Gasteiger partial charge in [-0.1, -0.05) is 58.4 Å². The van der Waals surface area contributed by atoms with Gasteiger partial charge >= 0.3 is 0 Å². The van der Waals surface area contributed by atoms with Crippen molar-refractivity contribution in [1.82, 2.24) is 10.3 Å². The van der Waals surface area contributed by atoms with Gasteiger partial charge in [-0.3, -0.25) is 4.98 Å². The van der Waals surface area contributed by atoms with E-state index < -0.39 is 17.1 Å². The number of ether oxygens (including phenoxy) is 2. The highest BCUT2D eigenvalue weighted by molar-refractivity contribution is 9.10. The van der Waals surface area contributed by atoms with Gasteiger partial charge in [0.2, 0.25) is 0 Å². The summed E-state index contributed by atoms with van der Waals surface area (Å²) < 4.78 is 13.6. The van der Waals surface area contributed by atoms with E-state index in [-0.39, 0.29) is 24.0 Å². The number of aromatic nitrogens is 1. The Kier molecular flexibility index (Phi) is 6.40. The van der Waals surface area contributed by atoms with Crippen molar-refractivity contribution < 1.29 is 19.7 Å². The number of aliphatic hydroxyl groups excluding tert-OH is 1. The van der Waals surface area contributed by atoms with Crippen LogP contribution in [0.1, 0.15) is 43.4 Å². The second-order valence-corrected chi connectivity index (χ2v) is 11.7. The molecule has 2 aliphatic rings. The van der Waals surface area contributed by atoms with Crippen LogP contribution in [0.2, 0.25) is 0 Å². The molecule has 0 bridgehead atoms. The van der Waals surface area contributed by atoms with E-state index in [9.17, 15) is 10.2 Å². The smallest absolute Gasteiger partial charge is 0.174 e. The van der Waals surface area contributed by atoms with E-state index >= 15 is 0 Å². The van der Waals surface area contributed by atoms with Crippen molar-refractivity contribution in [3.8, 4) is 11.5 Å². The highest BCUT2D eigenvalue weighted by Gasteiger charge is 2.76. The fourth-order valence-electron chi connectivity index (χ4n) is 6.32. The van der Waals surface area contributed by atoms with Gasteiger partial charge in [-0.2, -0.15) is 0 Å². The minimum atomic E-state index is -1.52. The molecule has 6 nitrogen and oxygen atoms in total. The summed E-state index contributed by atoms with van der Waals surface area (Å²) in [6, 6.07) is 18.0. The quantitative estimate of drug-likeness (QED) is 0.409. The zero-order valence-electron chi connectivity index (χ0n) is 21.0. The molecule has 0 spiro atoms. The standard InChI is InChI=1S/C29H33BrN2O4/c1-27(2,3)32-14-22-21(17-33)25(18-8-6-5-7-9-18)29(19-10-12-20(30)13-11-19)28(22,34)26-23(35-4)15-31-16-24(26)36-29/h5-13,15-16,21-22,25,32-34H,14,17H2,1-4H3. The Hall–Kier alpha value is -2.45. The molecule has 36 heavy (non-hydrogen) atoms. The molecule has 5 unspecified atom stereocenters. The van der Waals surface area contributed by atoms with E-state index in [0.29, 0.717) is 23.6 Å². The highest BCUT2D eigenvalue weighted by Crippen LogP contribution is 2.71. The average molecular weight is 553 g/mol. The maximum Gasteiger partial charge on any atom is 0.174 e. The molecule has 0 radical (unpaired) electrons. The van der Waals surface area contributed by atoms with Crippen LogP contribution >= 0.6 is 15.9 Å². The van der Waals surface area contributed by atoms with Crippen LogP contribution in [0, 0.1) is 11.8 Å². The van der Waals surface area contributed by atoms with Crippen LogP contribution in [0.4, 0.5) is 0 Å². The van der Waals surface area contributed by atoms with E-state index in [1.54, 1.807) is 19.5 Å². The van der Waals surface area contributed by atoms with Crippen LogP contribution < -0.4 is 14.8 Å². The Bertz CT molecular complexity index is 1230. The number of aliphatic hydroxyl groups is 2. The summed E-state index contributed by atoms with van der Waals surface area (Å²) in [6.45, 7) is 6.66. The molecule has 1 fully saturated rings. The first kappa shape index (κ1) is 25.2. The molecule has 1 aromatic heterocycles. The summed E-state index contributed by atoms with van der Waals surface area (Å²) >= 11 is 3.55. The SMILES string of the molecule is COc1cncc2c1C1(O)C(CNC(C)(C)C)C(CO)C(c3ccccc3)C1(c1ccc(Br)cc1)O2. The van der Waals surface area contributed by atoms with Crippen molar-refractivity contribution in [1.29, 1.82) is 0 Å². The van der Waals surface area contributed by atoms with Crippen LogP contribution in [-0.2, 0) is 11.2 Å². The summed E-state index contributed by atoms with van der Waals surface area (Å²) in [4.78, 5) is 4.34. The zero-order valence-corrected chi connectivity index (χ0v) is 22.6. The normalized spacial score (nSPS) is 28.9. The predicted octanol–water partition coefficient (Wildman–Crippen LogP) is 4.74. The van der Waals surface area contributed by atoms with Crippen molar-refractivity contribution in [2.45, 2.75) is 43.4 Å². The molecule has 1 aliphatic carbocycles. The molecule has 7 heteroatoms. The van der Waals surface area contributed by atoms with Gasteiger partial charge in [0, 0.05) is 40.9 Å². The third-order valence-corrected chi connectivity index (χ3v) is 8.26. The lowest BCUT2D eigenvalue weighted by molar-refractivity contribution is -0.128. The number of methoxy groups -OCH3 is 1. The van der Waals surface area contributed by atoms with Gasteiger partial charge in [0.1, 0.15) is 17.1 Å². The van der Waals surface area contributed by atoms with E-state index in [4.69, 9.17) is 9.47 Å². The van der Waals surface area contributed by atoms with Gasteiger partial charge < -0.3 is 25.0 Å². The van der Waals surface area contributed by atoms with Gasteiger partial charge in [-0.05, 0) is 44.0 Å². The maximum absolute atomic E-state index is 13.2. The molecule has 5 rings (SSSR count). The molecule has 5 atom stereocenters. The zero-order chi connectivity index (χ0) is 25.7. The highest BCUT2D eigenvalue weighted by atomic mass is 79.9. The van der Waals surface area contributed by atoms with Crippen LogP contribution in [0.3, 0.4) is 0 Å². The van der Waals surface area contributed by atoms with Crippen molar-refractivity contribution in [3.63, 3.8) is 0 Å². The van der Waals surface area contributed by atoms with E-state index in [2.05, 4.69) is 59.1 Å². The molecule has 190 valence electrons. The Morgan fingerprint density at radius 3 is 2.39 bits per heavy atom. The fraction of sp³-hybridized carbons (Fsp3) is 0.414. The first-order valence-corrected chi connectivity index (χ1v) is 13.1. The third-order valence-electron chi connectivity index (χ3n) is 7.73. The maximum atomic E-state index is 13.2. The van der Waals surface area contributed by atoms with E-state index in [0.717, 1.165) is 15.6 Å². The topological polar surface area (TPSA) is 83.8 Å². The summed E-state index contributed by atoms with van der Waals surface area (Å²) in [7, 11) is 1.58. The van der Waals surface area contributed by atoms with Gasteiger partial charge in [0.25, 0.3) is 0 Å². The lowest BCUT2D eigenvalue weighted by atomic mass is 9.70. The first-order chi connectivity index (χ1) is 17.2. The molecule has 3 N–H and O–H groups in total. The van der Waals surface area contributed by atoms with Crippen molar-refractivity contribution >= 4 is 15.9 Å². The number of benzene rings is 2. The van der Waals surface area contributed by atoms with E-state index in [1.165, 1.54) is 0 Å².